The van der Waals surface area contributed by atoms with Gasteiger partial charge in [-0.05, 0) is 49.1 Å². The molecule has 6 nitrogen and oxygen atoms in total. The molecule has 0 aromatic heterocycles. The highest BCUT2D eigenvalue weighted by molar-refractivity contribution is 7.89. The van der Waals surface area contributed by atoms with Crippen LogP contribution in [0.25, 0.3) is 0 Å². The standard InChI is InChI=1S/C22H27FN4O2S.ClH/c1-17-5-2-3-8-20(17)30(28,29)27-13-9-22(10-14-27)21(24-11-12-26-22)25-16-18-6-4-7-19(23)15-18;/h2-8,15,26H,9-14,16H2,1H3,(H,24,25);1H. The van der Waals surface area contributed by atoms with Gasteiger partial charge in [-0.25, -0.2) is 12.8 Å². The van der Waals surface area contributed by atoms with Gasteiger partial charge in [-0.2, -0.15) is 4.31 Å². The molecule has 2 aromatic carbocycles. The van der Waals surface area contributed by atoms with E-state index in [-0.39, 0.29) is 23.8 Å². The van der Waals surface area contributed by atoms with Gasteiger partial charge in [-0.3, -0.25) is 4.99 Å². The SMILES string of the molecule is Cc1ccccc1S(=O)(=O)N1CCC2(CC1)NCCN=C2NCc1cccc(F)c1.Cl. The number of halogens is 2. The van der Waals surface area contributed by atoms with Gasteiger partial charge in [0.1, 0.15) is 11.7 Å². The van der Waals surface area contributed by atoms with E-state index >= 15 is 0 Å². The summed E-state index contributed by atoms with van der Waals surface area (Å²) in [6.07, 6.45) is 1.26. The predicted octanol–water partition coefficient (Wildman–Crippen LogP) is 2.87. The van der Waals surface area contributed by atoms with Crippen LogP contribution in [-0.4, -0.2) is 50.3 Å². The number of hydrogen-bond donors (Lipinski definition) is 2. The number of aliphatic imine (C=N–C) groups is 1. The van der Waals surface area contributed by atoms with Crippen LogP contribution in [0.5, 0.6) is 0 Å². The number of sulfonamides is 1. The summed E-state index contributed by atoms with van der Waals surface area (Å²) >= 11 is 0. The molecular formula is C22H28ClFN4O2S. The molecule has 168 valence electrons. The molecule has 2 N–H and O–H groups in total. The zero-order chi connectivity index (χ0) is 21.2. The highest BCUT2D eigenvalue weighted by Crippen LogP contribution is 2.29. The summed E-state index contributed by atoms with van der Waals surface area (Å²) in [5.74, 6) is 0.577. The Bertz CT molecular complexity index is 1050. The van der Waals surface area contributed by atoms with Crippen LogP contribution < -0.4 is 10.6 Å². The van der Waals surface area contributed by atoms with Gasteiger partial charge in [0.25, 0.3) is 0 Å². The van der Waals surface area contributed by atoms with Crippen LogP contribution >= 0.6 is 12.4 Å². The third-order valence-electron chi connectivity index (χ3n) is 5.93. The van der Waals surface area contributed by atoms with Crippen LogP contribution in [0.3, 0.4) is 0 Å². The maximum Gasteiger partial charge on any atom is 0.243 e. The number of benzene rings is 2. The Hall–Kier alpha value is -2.00. The van der Waals surface area contributed by atoms with Crippen molar-refractivity contribution in [2.75, 3.05) is 26.2 Å². The molecule has 1 spiro atoms. The molecule has 0 amide bonds. The molecule has 0 aliphatic carbocycles. The van der Waals surface area contributed by atoms with E-state index in [0.29, 0.717) is 43.9 Å². The first-order valence-corrected chi connectivity index (χ1v) is 11.7. The highest BCUT2D eigenvalue weighted by atomic mass is 35.5. The van der Waals surface area contributed by atoms with Crippen LogP contribution in [0, 0.1) is 12.7 Å². The Morgan fingerprint density at radius 1 is 1.16 bits per heavy atom. The summed E-state index contributed by atoms with van der Waals surface area (Å²) in [6.45, 7) is 4.57. The van der Waals surface area contributed by atoms with Gasteiger partial charge in [0, 0.05) is 26.2 Å². The summed E-state index contributed by atoms with van der Waals surface area (Å²) in [6, 6.07) is 13.6. The van der Waals surface area contributed by atoms with Gasteiger partial charge in [0.2, 0.25) is 10.0 Å². The minimum atomic E-state index is -3.52. The first-order chi connectivity index (χ1) is 14.4. The van der Waals surface area contributed by atoms with Crippen molar-refractivity contribution in [2.24, 2.45) is 4.99 Å². The summed E-state index contributed by atoms with van der Waals surface area (Å²) in [5, 5.41) is 6.94. The van der Waals surface area contributed by atoms with Crippen LogP contribution in [0.15, 0.2) is 58.4 Å². The van der Waals surface area contributed by atoms with E-state index in [9.17, 15) is 12.8 Å². The van der Waals surface area contributed by atoms with Crippen molar-refractivity contribution in [2.45, 2.75) is 36.7 Å². The van der Waals surface area contributed by atoms with Crippen LogP contribution in [0.1, 0.15) is 24.0 Å². The average Bonchev–Trinajstić information content (AvgIpc) is 2.74. The smallest absolute Gasteiger partial charge is 0.243 e. The number of aryl methyl sites for hydroxylation is 1. The number of piperidine rings is 1. The molecule has 2 aliphatic heterocycles. The molecule has 2 heterocycles. The maximum absolute atomic E-state index is 13.5. The molecule has 0 bridgehead atoms. The van der Waals surface area contributed by atoms with Crippen molar-refractivity contribution >= 4 is 28.3 Å². The fourth-order valence-corrected chi connectivity index (χ4v) is 5.93. The van der Waals surface area contributed by atoms with E-state index in [0.717, 1.165) is 23.5 Å². The van der Waals surface area contributed by atoms with Gasteiger partial charge in [-0.1, -0.05) is 30.3 Å². The Morgan fingerprint density at radius 2 is 1.90 bits per heavy atom. The molecule has 0 saturated carbocycles. The van der Waals surface area contributed by atoms with Gasteiger partial charge in [0.15, 0.2) is 0 Å². The van der Waals surface area contributed by atoms with E-state index in [4.69, 9.17) is 0 Å². The largest absolute Gasteiger partial charge is 0.368 e. The summed E-state index contributed by atoms with van der Waals surface area (Å²) in [7, 11) is -3.52. The Labute approximate surface area is 189 Å². The van der Waals surface area contributed by atoms with Gasteiger partial charge in [-0.15, -0.1) is 12.4 Å². The number of nitrogens with one attached hydrogen (secondary N) is 2. The molecule has 0 atom stereocenters. The molecule has 0 unspecified atom stereocenters. The monoisotopic (exact) mass is 466 g/mol. The lowest BCUT2D eigenvalue weighted by molar-refractivity contribution is 0.241. The average molecular weight is 467 g/mol. The minimum Gasteiger partial charge on any atom is -0.368 e. The van der Waals surface area contributed by atoms with Crippen molar-refractivity contribution in [3.8, 4) is 0 Å². The quantitative estimate of drug-likeness (QED) is 0.726. The maximum atomic E-state index is 13.5. The van der Waals surface area contributed by atoms with Crippen molar-refractivity contribution in [3.05, 3.63) is 65.5 Å². The molecule has 1 fully saturated rings. The minimum absolute atomic E-state index is 0. The van der Waals surface area contributed by atoms with Crippen molar-refractivity contribution in [1.82, 2.24) is 14.9 Å². The molecule has 2 aromatic rings. The Morgan fingerprint density at radius 3 is 2.61 bits per heavy atom. The fourth-order valence-electron chi connectivity index (χ4n) is 4.26. The zero-order valence-electron chi connectivity index (χ0n) is 17.5. The molecule has 1 saturated heterocycles. The van der Waals surface area contributed by atoms with E-state index in [1.165, 1.54) is 12.1 Å². The highest BCUT2D eigenvalue weighted by Gasteiger charge is 2.43. The van der Waals surface area contributed by atoms with E-state index < -0.39 is 10.0 Å². The second kappa shape index (κ2) is 9.65. The molecule has 0 radical (unpaired) electrons. The predicted molar refractivity (Wildman–Crippen MR) is 123 cm³/mol. The lowest BCUT2D eigenvalue weighted by Crippen LogP contribution is -2.64. The van der Waals surface area contributed by atoms with Crippen molar-refractivity contribution in [1.29, 1.82) is 0 Å². The summed E-state index contributed by atoms with van der Waals surface area (Å²) in [4.78, 5) is 5.06. The van der Waals surface area contributed by atoms with Crippen LogP contribution in [0.4, 0.5) is 4.39 Å². The van der Waals surface area contributed by atoms with E-state index in [1.54, 1.807) is 22.5 Å². The third kappa shape index (κ3) is 4.92. The summed E-state index contributed by atoms with van der Waals surface area (Å²) in [5.41, 5.74) is 1.23. The van der Waals surface area contributed by atoms with E-state index in [1.807, 2.05) is 25.1 Å². The van der Waals surface area contributed by atoms with Crippen LogP contribution in [0.2, 0.25) is 0 Å². The van der Waals surface area contributed by atoms with Gasteiger partial charge < -0.3 is 10.6 Å². The normalized spacial score (nSPS) is 18.8. The van der Waals surface area contributed by atoms with Gasteiger partial charge in [0.05, 0.1) is 17.0 Å². The molecule has 9 heteroatoms. The number of amidine groups is 1. The first-order valence-electron chi connectivity index (χ1n) is 10.2. The van der Waals surface area contributed by atoms with Crippen molar-refractivity contribution < 1.29 is 12.8 Å². The number of hydrogen-bond acceptors (Lipinski definition) is 5. The molecule has 2 aliphatic rings. The Kier molecular flexibility index (Phi) is 7.36. The second-order valence-corrected chi connectivity index (χ2v) is 9.80. The fraction of sp³-hybridized carbons (Fsp3) is 0.409. The summed E-state index contributed by atoms with van der Waals surface area (Å²) < 4.78 is 41.3. The van der Waals surface area contributed by atoms with Gasteiger partial charge >= 0.3 is 0 Å². The van der Waals surface area contributed by atoms with E-state index in [2.05, 4.69) is 15.6 Å². The topological polar surface area (TPSA) is 73.8 Å². The van der Waals surface area contributed by atoms with Crippen molar-refractivity contribution in [3.63, 3.8) is 0 Å². The first kappa shape index (κ1) is 23.7. The lowest BCUT2D eigenvalue weighted by Gasteiger charge is -2.44. The van der Waals surface area contributed by atoms with Crippen LogP contribution in [-0.2, 0) is 16.6 Å². The third-order valence-corrected chi connectivity index (χ3v) is 7.99. The second-order valence-electron chi connectivity index (χ2n) is 7.89. The number of nitrogens with zero attached hydrogens (tertiary/aromatic N) is 2. The number of rotatable bonds is 4. The lowest BCUT2D eigenvalue weighted by atomic mass is 9.85. The molecular weight excluding hydrogens is 439 g/mol. The zero-order valence-corrected chi connectivity index (χ0v) is 19.1. The molecule has 4 rings (SSSR count). The molecule has 31 heavy (non-hydrogen) atoms. The Balaban J connectivity index is 0.00000272.